The first-order valence-electron chi connectivity index (χ1n) is 9.04. The van der Waals surface area contributed by atoms with Crippen molar-refractivity contribution in [2.45, 2.75) is 26.2 Å². The molecule has 3 rings (SSSR count). The molecule has 8 nitrogen and oxygen atoms in total. The summed E-state index contributed by atoms with van der Waals surface area (Å²) in [7, 11) is 0. The first-order valence-corrected chi connectivity index (χ1v) is 9.04. The highest BCUT2D eigenvalue weighted by Crippen LogP contribution is 2.39. The van der Waals surface area contributed by atoms with Gasteiger partial charge in [-0.1, -0.05) is 0 Å². The molecule has 1 aliphatic rings. The molecule has 2 heterocycles. The summed E-state index contributed by atoms with van der Waals surface area (Å²) in [5.74, 6) is 1.18. The van der Waals surface area contributed by atoms with E-state index in [1.807, 2.05) is 6.92 Å². The SMILES string of the molecule is CCNC(=NCc1cc2c(cc1OC(F)F)OCO2)NCC(O)c1ccncc1. The molecule has 0 fully saturated rings. The van der Waals surface area contributed by atoms with Crippen LogP contribution in [0.3, 0.4) is 0 Å². The van der Waals surface area contributed by atoms with Gasteiger partial charge in [0, 0.05) is 37.1 Å². The zero-order valence-electron chi connectivity index (χ0n) is 15.8. The van der Waals surface area contributed by atoms with E-state index >= 15 is 0 Å². The van der Waals surface area contributed by atoms with Crippen molar-refractivity contribution in [3.8, 4) is 17.2 Å². The van der Waals surface area contributed by atoms with Crippen LogP contribution in [0, 0.1) is 0 Å². The second-order valence-electron chi connectivity index (χ2n) is 6.06. The van der Waals surface area contributed by atoms with E-state index in [0.717, 1.165) is 0 Å². The first kappa shape index (κ1) is 20.6. The number of fused-ring (bicyclic) bond motifs is 1. The second kappa shape index (κ2) is 9.87. The van der Waals surface area contributed by atoms with Crippen molar-refractivity contribution in [2.75, 3.05) is 19.9 Å². The van der Waals surface area contributed by atoms with E-state index in [9.17, 15) is 13.9 Å². The molecule has 0 aliphatic carbocycles. The highest BCUT2D eigenvalue weighted by molar-refractivity contribution is 5.79. The van der Waals surface area contributed by atoms with Crippen molar-refractivity contribution >= 4 is 5.96 Å². The van der Waals surface area contributed by atoms with Gasteiger partial charge in [0.05, 0.1) is 12.6 Å². The third-order valence-corrected chi connectivity index (χ3v) is 4.08. The maximum atomic E-state index is 12.8. The number of nitrogens with one attached hydrogen (secondary N) is 2. The number of hydrogen-bond acceptors (Lipinski definition) is 6. The number of halogens is 2. The summed E-state index contributed by atoms with van der Waals surface area (Å²) in [6, 6.07) is 6.37. The Morgan fingerprint density at radius 2 is 1.97 bits per heavy atom. The highest BCUT2D eigenvalue weighted by atomic mass is 19.3. The smallest absolute Gasteiger partial charge is 0.387 e. The number of guanidine groups is 1. The number of aliphatic hydroxyl groups excluding tert-OH is 1. The van der Waals surface area contributed by atoms with E-state index in [0.29, 0.717) is 35.1 Å². The van der Waals surface area contributed by atoms with E-state index in [2.05, 4.69) is 25.3 Å². The van der Waals surface area contributed by atoms with Gasteiger partial charge in [0.25, 0.3) is 0 Å². The summed E-state index contributed by atoms with van der Waals surface area (Å²) in [5.41, 5.74) is 1.13. The van der Waals surface area contributed by atoms with E-state index < -0.39 is 12.7 Å². The third kappa shape index (κ3) is 5.67. The molecule has 0 amide bonds. The maximum absolute atomic E-state index is 12.8. The molecule has 1 atom stereocenters. The number of aliphatic imine (C=N–C) groups is 1. The summed E-state index contributed by atoms with van der Waals surface area (Å²) < 4.78 is 40.6. The van der Waals surface area contributed by atoms with Gasteiger partial charge in [-0.25, -0.2) is 4.99 Å². The van der Waals surface area contributed by atoms with Crippen molar-refractivity contribution in [1.29, 1.82) is 0 Å². The molecule has 10 heteroatoms. The standard InChI is InChI=1S/C19H22F2N4O4/c1-2-23-19(25-10-14(26)12-3-5-22-6-4-12)24-9-13-7-16-17(28-11-27-16)8-15(13)29-18(20)21/h3-8,14,18,26H,2,9-11H2,1H3,(H2,23,24,25). The van der Waals surface area contributed by atoms with Gasteiger partial charge in [0.1, 0.15) is 5.75 Å². The number of benzene rings is 1. The van der Waals surface area contributed by atoms with Gasteiger partial charge in [-0.05, 0) is 30.7 Å². The number of ether oxygens (including phenoxy) is 3. The predicted octanol–water partition coefficient (Wildman–Crippen LogP) is 2.20. The molecule has 0 bridgehead atoms. The van der Waals surface area contributed by atoms with Gasteiger partial charge < -0.3 is 30.0 Å². The van der Waals surface area contributed by atoms with E-state index in [-0.39, 0.29) is 25.6 Å². The lowest BCUT2D eigenvalue weighted by molar-refractivity contribution is -0.0505. The minimum absolute atomic E-state index is 0.0211. The monoisotopic (exact) mass is 408 g/mol. The molecule has 1 aliphatic heterocycles. The zero-order chi connectivity index (χ0) is 20.6. The number of aliphatic hydroxyl groups is 1. The van der Waals surface area contributed by atoms with Gasteiger partial charge >= 0.3 is 6.61 Å². The van der Waals surface area contributed by atoms with Crippen LogP contribution in [0.25, 0.3) is 0 Å². The summed E-state index contributed by atoms with van der Waals surface area (Å²) >= 11 is 0. The Morgan fingerprint density at radius 3 is 2.66 bits per heavy atom. The lowest BCUT2D eigenvalue weighted by atomic mass is 10.1. The minimum atomic E-state index is -2.97. The Labute approximate surface area is 166 Å². The average molecular weight is 408 g/mol. The van der Waals surface area contributed by atoms with Gasteiger partial charge in [0.15, 0.2) is 17.5 Å². The summed E-state index contributed by atoms with van der Waals surface area (Å²) in [5, 5.41) is 16.3. The van der Waals surface area contributed by atoms with Gasteiger partial charge in [-0.3, -0.25) is 4.98 Å². The Bertz CT molecular complexity index is 836. The van der Waals surface area contributed by atoms with Crippen LogP contribution in [0.15, 0.2) is 41.7 Å². The van der Waals surface area contributed by atoms with Crippen LogP contribution in [0.5, 0.6) is 17.2 Å². The molecule has 2 aromatic rings. The third-order valence-electron chi connectivity index (χ3n) is 4.08. The van der Waals surface area contributed by atoms with Crippen LogP contribution in [-0.4, -0.2) is 42.5 Å². The van der Waals surface area contributed by atoms with Crippen LogP contribution >= 0.6 is 0 Å². The molecule has 0 saturated carbocycles. The van der Waals surface area contributed by atoms with Crippen molar-refractivity contribution in [1.82, 2.24) is 15.6 Å². The Kier molecular flexibility index (Phi) is 7.01. The maximum Gasteiger partial charge on any atom is 0.387 e. The minimum Gasteiger partial charge on any atom is -0.454 e. The van der Waals surface area contributed by atoms with Crippen LogP contribution in [-0.2, 0) is 6.54 Å². The average Bonchev–Trinajstić information content (AvgIpc) is 3.17. The number of hydrogen-bond donors (Lipinski definition) is 3. The molecule has 156 valence electrons. The van der Waals surface area contributed by atoms with Crippen LogP contribution in [0.1, 0.15) is 24.2 Å². The molecule has 1 aromatic heterocycles. The van der Waals surface area contributed by atoms with Crippen molar-refractivity contribution in [2.24, 2.45) is 4.99 Å². The molecule has 3 N–H and O–H groups in total. The largest absolute Gasteiger partial charge is 0.454 e. The van der Waals surface area contributed by atoms with Gasteiger partial charge in [0.2, 0.25) is 6.79 Å². The summed E-state index contributed by atoms with van der Waals surface area (Å²) in [6.07, 6.45) is 2.44. The number of rotatable bonds is 8. The molecule has 0 radical (unpaired) electrons. The zero-order valence-corrected chi connectivity index (χ0v) is 15.8. The molecule has 0 spiro atoms. The van der Waals surface area contributed by atoms with E-state index in [1.165, 1.54) is 6.07 Å². The molecular formula is C19H22F2N4O4. The second-order valence-corrected chi connectivity index (χ2v) is 6.06. The lowest BCUT2D eigenvalue weighted by Crippen LogP contribution is -2.39. The molecule has 1 aromatic carbocycles. The summed E-state index contributed by atoms with van der Waals surface area (Å²) in [6.45, 7) is -0.217. The quantitative estimate of drug-likeness (QED) is 0.455. The molecule has 0 saturated heterocycles. The lowest BCUT2D eigenvalue weighted by Gasteiger charge is -2.16. The van der Waals surface area contributed by atoms with E-state index in [4.69, 9.17) is 9.47 Å². The Morgan fingerprint density at radius 1 is 1.24 bits per heavy atom. The fraction of sp³-hybridized carbons (Fsp3) is 0.368. The topological polar surface area (TPSA) is 97.2 Å². The van der Waals surface area contributed by atoms with Crippen molar-refractivity contribution < 1.29 is 28.1 Å². The van der Waals surface area contributed by atoms with Crippen molar-refractivity contribution in [3.05, 3.63) is 47.8 Å². The number of nitrogens with zero attached hydrogens (tertiary/aromatic N) is 2. The predicted molar refractivity (Wildman–Crippen MR) is 101 cm³/mol. The Hall–Kier alpha value is -3.14. The first-order chi connectivity index (χ1) is 14.1. The fourth-order valence-electron chi connectivity index (χ4n) is 2.70. The molecule has 1 unspecified atom stereocenters. The number of pyridine rings is 1. The number of alkyl halides is 2. The summed E-state index contributed by atoms with van der Waals surface area (Å²) in [4.78, 5) is 8.31. The molecule has 29 heavy (non-hydrogen) atoms. The fourth-order valence-corrected chi connectivity index (χ4v) is 2.70. The Balaban J connectivity index is 1.71. The molecular weight excluding hydrogens is 386 g/mol. The number of aromatic nitrogens is 1. The highest BCUT2D eigenvalue weighted by Gasteiger charge is 2.20. The van der Waals surface area contributed by atoms with Crippen LogP contribution in [0.4, 0.5) is 8.78 Å². The van der Waals surface area contributed by atoms with Crippen molar-refractivity contribution in [3.63, 3.8) is 0 Å². The van der Waals surface area contributed by atoms with Gasteiger partial charge in [-0.15, -0.1) is 0 Å². The van der Waals surface area contributed by atoms with Crippen LogP contribution < -0.4 is 24.8 Å². The van der Waals surface area contributed by atoms with E-state index in [1.54, 1.807) is 30.6 Å². The van der Waals surface area contributed by atoms with Gasteiger partial charge in [-0.2, -0.15) is 8.78 Å². The van der Waals surface area contributed by atoms with Crippen LogP contribution in [0.2, 0.25) is 0 Å². The normalized spacial score (nSPS) is 14.0.